The van der Waals surface area contributed by atoms with Gasteiger partial charge < -0.3 is 14.7 Å². The summed E-state index contributed by atoms with van der Waals surface area (Å²) in [6.45, 7) is 0.335. The third kappa shape index (κ3) is 3.01. The molecule has 0 saturated heterocycles. The van der Waals surface area contributed by atoms with E-state index in [1.165, 1.54) is 0 Å². The lowest BCUT2D eigenvalue weighted by molar-refractivity contribution is -0.132. The van der Waals surface area contributed by atoms with E-state index < -0.39 is 6.10 Å². The summed E-state index contributed by atoms with van der Waals surface area (Å²) in [6, 6.07) is 7.25. The molecule has 1 aliphatic carbocycles. The van der Waals surface area contributed by atoms with Gasteiger partial charge in [-0.1, -0.05) is 12.1 Å². The van der Waals surface area contributed by atoms with Crippen LogP contribution in [-0.4, -0.2) is 36.6 Å². The number of methoxy groups -OCH3 is 1. The topological polar surface area (TPSA) is 49.8 Å². The molecule has 1 atom stereocenters. The second-order valence-corrected chi connectivity index (χ2v) is 4.78. The highest BCUT2D eigenvalue weighted by Crippen LogP contribution is 2.31. The summed E-state index contributed by atoms with van der Waals surface area (Å²) in [5.74, 6) is 1.09. The Labute approximate surface area is 107 Å². The Balaban J connectivity index is 1.93. The number of hydrogen-bond donors (Lipinski definition) is 1. The lowest BCUT2D eigenvalue weighted by Crippen LogP contribution is -2.32. The number of ether oxygens (including phenoxy) is 1. The van der Waals surface area contributed by atoms with Crippen molar-refractivity contribution in [2.75, 3.05) is 20.7 Å². The van der Waals surface area contributed by atoms with Crippen molar-refractivity contribution in [3.8, 4) is 5.75 Å². The molecular formula is C14H19NO3. The van der Waals surface area contributed by atoms with Gasteiger partial charge in [-0.05, 0) is 30.5 Å². The molecule has 1 N–H and O–H groups in total. The van der Waals surface area contributed by atoms with Crippen molar-refractivity contribution >= 4 is 5.91 Å². The van der Waals surface area contributed by atoms with Crippen molar-refractivity contribution in [1.82, 2.24) is 4.90 Å². The Kier molecular flexibility index (Phi) is 3.87. The van der Waals surface area contributed by atoms with E-state index in [9.17, 15) is 9.90 Å². The van der Waals surface area contributed by atoms with Crippen LogP contribution in [0.15, 0.2) is 24.3 Å². The fraction of sp³-hybridized carbons (Fsp3) is 0.500. The lowest BCUT2D eigenvalue weighted by atomic mass is 10.1. The predicted octanol–water partition coefficient (Wildman–Crippen LogP) is 1.60. The maximum Gasteiger partial charge on any atom is 0.225 e. The molecule has 0 aliphatic heterocycles. The number of carbonyl (C=O) groups is 1. The molecule has 18 heavy (non-hydrogen) atoms. The standard InChI is InChI=1S/C14H19NO3/c1-15(14(17)11-3-4-11)9-13(16)10-5-7-12(18-2)8-6-10/h5-8,11,13,16H,3-4,9H2,1-2H3. The van der Waals surface area contributed by atoms with Gasteiger partial charge in [0, 0.05) is 13.0 Å². The van der Waals surface area contributed by atoms with Crippen molar-refractivity contribution < 1.29 is 14.6 Å². The van der Waals surface area contributed by atoms with Crippen LogP contribution in [0.2, 0.25) is 0 Å². The van der Waals surface area contributed by atoms with Crippen LogP contribution in [0.3, 0.4) is 0 Å². The minimum absolute atomic E-state index is 0.141. The van der Waals surface area contributed by atoms with Crippen LogP contribution < -0.4 is 4.74 Å². The van der Waals surface area contributed by atoms with Gasteiger partial charge in [-0.2, -0.15) is 0 Å². The highest BCUT2D eigenvalue weighted by atomic mass is 16.5. The van der Waals surface area contributed by atoms with Crippen molar-refractivity contribution in [1.29, 1.82) is 0 Å². The zero-order chi connectivity index (χ0) is 13.1. The van der Waals surface area contributed by atoms with Crippen LogP contribution in [0.5, 0.6) is 5.75 Å². The first-order valence-corrected chi connectivity index (χ1v) is 6.19. The van der Waals surface area contributed by atoms with Gasteiger partial charge in [-0.25, -0.2) is 0 Å². The molecule has 98 valence electrons. The van der Waals surface area contributed by atoms with E-state index in [1.54, 1.807) is 31.2 Å². The van der Waals surface area contributed by atoms with Gasteiger partial charge in [-0.3, -0.25) is 4.79 Å². The largest absolute Gasteiger partial charge is 0.497 e. The first-order chi connectivity index (χ1) is 8.61. The number of amides is 1. The average Bonchev–Trinajstić information content (AvgIpc) is 3.22. The lowest BCUT2D eigenvalue weighted by Gasteiger charge is -2.21. The zero-order valence-corrected chi connectivity index (χ0v) is 10.8. The van der Waals surface area contributed by atoms with Gasteiger partial charge in [0.1, 0.15) is 5.75 Å². The van der Waals surface area contributed by atoms with Crippen molar-refractivity contribution in [2.24, 2.45) is 5.92 Å². The van der Waals surface area contributed by atoms with Gasteiger partial charge in [-0.15, -0.1) is 0 Å². The number of hydrogen-bond acceptors (Lipinski definition) is 3. The molecule has 0 radical (unpaired) electrons. The number of benzene rings is 1. The van der Waals surface area contributed by atoms with Crippen LogP contribution in [0, 0.1) is 5.92 Å². The minimum Gasteiger partial charge on any atom is -0.497 e. The Morgan fingerprint density at radius 2 is 2.06 bits per heavy atom. The molecule has 1 fully saturated rings. The molecule has 0 heterocycles. The molecule has 0 aromatic heterocycles. The van der Waals surface area contributed by atoms with Gasteiger partial charge in [0.2, 0.25) is 5.91 Å². The molecular weight excluding hydrogens is 230 g/mol. The highest BCUT2D eigenvalue weighted by molar-refractivity contribution is 5.80. The number of rotatable bonds is 5. The molecule has 1 aliphatic rings. The second kappa shape index (κ2) is 5.40. The predicted molar refractivity (Wildman–Crippen MR) is 68.3 cm³/mol. The number of carbonyl (C=O) groups excluding carboxylic acids is 1. The summed E-state index contributed by atoms with van der Waals surface area (Å²) in [7, 11) is 3.35. The van der Waals surface area contributed by atoms with E-state index in [0.29, 0.717) is 6.54 Å². The summed E-state index contributed by atoms with van der Waals surface area (Å²) in [5.41, 5.74) is 0.797. The van der Waals surface area contributed by atoms with E-state index in [2.05, 4.69) is 0 Å². The first-order valence-electron chi connectivity index (χ1n) is 6.19. The van der Waals surface area contributed by atoms with Gasteiger partial charge in [0.15, 0.2) is 0 Å². The Hall–Kier alpha value is -1.55. The fourth-order valence-corrected chi connectivity index (χ4v) is 1.92. The third-order valence-electron chi connectivity index (χ3n) is 3.25. The normalized spacial score (nSPS) is 16.2. The number of nitrogens with zero attached hydrogens (tertiary/aromatic N) is 1. The highest BCUT2D eigenvalue weighted by Gasteiger charge is 2.32. The maximum atomic E-state index is 11.8. The summed E-state index contributed by atoms with van der Waals surface area (Å²) in [4.78, 5) is 13.4. The van der Waals surface area contributed by atoms with Crippen molar-refractivity contribution in [3.63, 3.8) is 0 Å². The van der Waals surface area contributed by atoms with Gasteiger partial charge in [0.25, 0.3) is 0 Å². The number of likely N-dealkylation sites (N-methyl/N-ethyl adjacent to an activating group) is 1. The van der Waals surface area contributed by atoms with E-state index in [1.807, 2.05) is 12.1 Å². The first kappa shape index (κ1) is 12.9. The molecule has 4 heteroatoms. The third-order valence-corrected chi connectivity index (χ3v) is 3.25. The number of aliphatic hydroxyl groups is 1. The Bertz CT molecular complexity index is 412. The van der Waals surface area contributed by atoms with Crippen LogP contribution in [-0.2, 0) is 4.79 Å². The number of aliphatic hydroxyl groups excluding tert-OH is 1. The molecule has 0 spiro atoms. The Morgan fingerprint density at radius 3 is 2.56 bits per heavy atom. The molecule has 1 amide bonds. The summed E-state index contributed by atoms with van der Waals surface area (Å²) >= 11 is 0. The SMILES string of the molecule is COc1ccc(C(O)CN(C)C(=O)C2CC2)cc1. The fourth-order valence-electron chi connectivity index (χ4n) is 1.92. The molecule has 4 nitrogen and oxygen atoms in total. The van der Waals surface area contributed by atoms with Crippen LogP contribution in [0.25, 0.3) is 0 Å². The second-order valence-electron chi connectivity index (χ2n) is 4.78. The monoisotopic (exact) mass is 249 g/mol. The molecule has 1 saturated carbocycles. The molecule has 0 bridgehead atoms. The van der Waals surface area contributed by atoms with E-state index in [0.717, 1.165) is 24.2 Å². The van der Waals surface area contributed by atoms with E-state index in [4.69, 9.17) is 4.74 Å². The van der Waals surface area contributed by atoms with Gasteiger partial charge in [0.05, 0.1) is 19.8 Å². The maximum absolute atomic E-state index is 11.8. The van der Waals surface area contributed by atoms with Crippen molar-refractivity contribution in [3.05, 3.63) is 29.8 Å². The van der Waals surface area contributed by atoms with Crippen molar-refractivity contribution in [2.45, 2.75) is 18.9 Å². The smallest absolute Gasteiger partial charge is 0.225 e. The average molecular weight is 249 g/mol. The summed E-state index contributed by atoms with van der Waals surface area (Å²) in [5, 5.41) is 10.1. The van der Waals surface area contributed by atoms with Crippen LogP contribution in [0.4, 0.5) is 0 Å². The molecule has 1 aromatic carbocycles. The van der Waals surface area contributed by atoms with Crippen LogP contribution >= 0.6 is 0 Å². The zero-order valence-electron chi connectivity index (χ0n) is 10.8. The summed E-state index contributed by atoms with van der Waals surface area (Å²) in [6.07, 6.45) is 1.33. The quantitative estimate of drug-likeness (QED) is 0.862. The van der Waals surface area contributed by atoms with E-state index >= 15 is 0 Å². The Morgan fingerprint density at radius 1 is 1.44 bits per heavy atom. The molecule has 1 unspecified atom stereocenters. The molecule has 2 rings (SSSR count). The van der Waals surface area contributed by atoms with Gasteiger partial charge >= 0.3 is 0 Å². The van der Waals surface area contributed by atoms with E-state index in [-0.39, 0.29) is 11.8 Å². The minimum atomic E-state index is -0.649. The summed E-state index contributed by atoms with van der Waals surface area (Å²) < 4.78 is 5.06. The van der Waals surface area contributed by atoms with Crippen LogP contribution in [0.1, 0.15) is 24.5 Å². The molecule has 1 aromatic rings.